The fourth-order valence-electron chi connectivity index (χ4n) is 3.27. The van der Waals surface area contributed by atoms with Gasteiger partial charge in [-0.1, -0.05) is 0 Å². The first-order valence-electron chi connectivity index (χ1n) is 7.16. The first kappa shape index (κ1) is 13.0. The molecule has 3 fully saturated rings. The van der Waals surface area contributed by atoms with E-state index in [0.717, 1.165) is 35.0 Å². The largest absolute Gasteiger partial charge is 0.346 e. The van der Waals surface area contributed by atoms with Crippen molar-refractivity contribution in [1.29, 1.82) is 0 Å². The Hall–Kier alpha value is -1.69. The molecule has 3 aliphatic rings. The van der Waals surface area contributed by atoms with Gasteiger partial charge in [0.2, 0.25) is 5.95 Å². The molecule has 2 aromatic heterocycles. The van der Waals surface area contributed by atoms with Gasteiger partial charge in [-0.2, -0.15) is 0 Å². The van der Waals surface area contributed by atoms with Crippen LogP contribution in [0, 0.1) is 6.92 Å². The number of halogens is 1. The third kappa shape index (κ3) is 2.18. The van der Waals surface area contributed by atoms with E-state index in [1.165, 1.54) is 6.42 Å². The second-order valence-corrected chi connectivity index (χ2v) is 6.52. The first-order valence-corrected chi connectivity index (χ1v) is 7.95. The number of anilines is 2. The Kier molecular flexibility index (Phi) is 3.06. The van der Waals surface area contributed by atoms with Gasteiger partial charge in [0.15, 0.2) is 0 Å². The summed E-state index contributed by atoms with van der Waals surface area (Å²) in [5, 5.41) is 0. The van der Waals surface area contributed by atoms with Gasteiger partial charge in [0.05, 0.1) is 16.6 Å². The minimum atomic E-state index is 0.499. The average molecular weight is 346 g/mol. The number of rotatable bonds is 2. The number of piperazine rings is 1. The molecule has 0 amide bonds. The zero-order valence-electron chi connectivity index (χ0n) is 11.8. The van der Waals surface area contributed by atoms with E-state index in [9.17, 15) is 0 Å². The van der Waals surface area contributed by atoms with Crippen molar-refractivity contribution >= 4 is 27.7 Å². The second-order valence-electron chi connectivity index (χ2n) is 5.66. The van der Waals surface area contributed by atoms with Crippen LogP contribution in [0.4, 0.5) is 11.8 Å². The number of piperidine rings is 1. The maximum Gasteiger partial charge on any atom is 0.225 e. The van der Waals surface area contributed by atoms with Gasteiger partial charge < -0.3 is 9.80 Å². The highest BCUT2D eigenvalue weighted by molar-refractivity contribution is 9.10. The van der Waals surface area contributed by atoms with Crippen LogP contribution in [0.5, 0.6) is 0 Å². The maximum absolute atomic E-state index is 4.54. The average Bonchev–Trinajstić information content (AvgIpc) is 2.49. The molecule has 3 aliphatic heterocycles. The van der Waals surface area contributed by atoms with Crippen molar-refractivity contribution in [1.82, 2.24) is 15.0 Å². The third-order valence-corrected chi connectivity index (χ3v) is 4.86. The SMILES string of the molecule is Cc1ccnc(N2CC3CC(C2)N3c2ncccc2Br)n1. The van der Waals surface area contributed by atoms with E-state index in [4.69, 9.17) is 0 Å². The molecule has 108 valence electrons. The van der Waals surface area contributed by atoms with Crippen LogP contribution in [-0.4, -0.2) is 40.1 Å². The molecule has 0 aromatic carbocycles. The van der Waals surface area contributed by atoms with Gasteiger partial charge in [0, 0.05) is 31.2 Å². The minimum absolute atomic E-state index is 0.499. The fourth-order valence-corrected chi connectivity index (χ4v) is 3.73. The van der Waals surface area contributed by atoms with Crippen molar-refractivity contribution in [2.75, 3.05) is 22.9 Å². The van der Waals surface area contributed by atoms with Gasteiger partial charge in [0.1, 0.15) is 5.82 Å². The van der Waals surface area contributed by atoms with Crippen molar-refractivity contribution in [2.24, 2.45) is 0 Å². The van der Waals surface area contributed by atoms with Gasteiger partial charge in [-0.15, -0.1) is 0 Å². The van der Waals surface area contributed by atoms with Crippen molar-refractivity contribution in [3.8, 4) is 0 Å². The lowest BCUT2D eigenvalue weighted by molar-refractivity contribution is 0.286. The zero-order valence-corrected chi connectivity index (χ0v) is 13.4. The maximum atomic E-state index is 4.54. The molecule has 0 N–H and O–H groups in total. The van der Waals surface area contributed by atoms with Crippen LogP contribution in [-0.2, 0) is 0 Å². The summed E-state index contributed by atoms with van der Waals surface area (Å²) in [6.07, 6.45) is 4.92. The Morgan fingerprint density at radius 2 is 1.95 bits per heavy atom. The lowest BCUT2D eigenvalue weighted by Gasteiger charge is -2.57. The first-order chi connectivity index (χ1) is 10.2. The number of fused-ring (bicyclic) bond motifs is 2. The van der Waals surface area contributed by atoms with Crippen LogP contribution in [0.2, 0.25) is 0 Å². The summed E-state index contributed by atoms with van der Waals surface area (Å²) in [6.45, 7) is 3.93. The zero-order chi connectivity index (χ0) is 14.4. The van der Waals surface area contributed by atoms with Gasteiger partial charge in [-0.25, -0.2) is 15.0 Å². The van der Waals surface area contributed by atoms with Crippen LogP contribution < -0.4 is 9.80 Å². The highest BCUT2D eigenvalue weighted by Gasteiger charge is 2.46. The molecule has 0 saturated carbocycles. The Morgan fingerprint density at radius 1 is 1.14 bits per heavy atom. The molecule has 21 heavy (non-hydrogen) atoms. The monoisotopic (exact) mass is 345 g/mol. The van der Waals surface area contributed by atoms with E-state index in [1.54, 1.807) is 0 Å². The number of aryl methyl sites for hydroxylation is 1. The molecule has 2 atom stereocenters. The van der Waals surface area contributed by atoms with Crippen LogP contribution in [0.1, 0.15) is 12.1 Å². The quantitative estimate of drug-likeness (QED) is 0.836. The van der Waals surface area contributed by atoms with Crippen LogP contribution >= 0.6 is 15.9 Å². The molecule has 2 unspecified atom stereocenters. The molecule has 5 rings (SSSR count). The lowest BCUT2D eigenvalue weighted by atomic mass is 9.87. The van der Waals surface area contributed by atoms with Gasteiger partial charge in [-0.3, -0.25) is 0 Å². The number of hydrogen-bond acceptors (Lipinski definition) is 5. The van der Waals surface area contributed by atoms with Crippen LogP contribution in [0.15, 0.2) is 35.1 Å². The van der Waals surface area contributed by atoms with E-state index in [2.05, 4.69) is 46.7 Å². The van der Waals surface area contributed by atoms with Gasteiger partial charge in [0.25, 0.3) is 0 Å². The van der Waals surface area contributed by atoms with E-state index in [1.807, 2.05) is 31.5 Å². The van der Waals surface area contributed by atoms with E-state index in [0.29, 0.717) is 12.1 Å². The Balaban J connectivity index is 1.55. The molecule has 2 bridgehead atoms. The number of pyridine rings is 1. The molecule has 5 nitrogen and oxygen atoms in total. The number of hydrogen-bond donors (Lipinski definition) is 0. The fraction of sp³-hybridized carbons (Fsp3) is 0.400. The summed E-state index contributed by atoms with van der Waals surface area (Å²) in [7, 11) is 0. The highest BCUT2D eigenvalue weighted by Crippen LogP contribution is 2.39. The summed E-state index contributed by atoms with van der Waals surface area (Å²) < 4.78 is 1.07. The molecule has 6 heteroatoms. The van der Waals surface area contributed by atoms with Crippen molar-refractivity contribution in [2.45, 2.75) is 25.4 Å². The lowest BCUT2D eigenvalue weighted by Crippen LogP contribution is -2.69. The van der Waals surface area contributed by atoms with Crippen molar-refractivity contribution < 1.29 is 0 Å². The predicted octanol–water partition coefficient (Wildman–Crippen LogP) is 2.41. The minimum Gasteiger partial charge on any atom is -0.346 e. The standard InChI is InChI=1S/C15H16BrN5/c1-10-4-6-18-15(19-10)20-8-11-7-12(9-20)21(11)14-13(16)3-2-5-17-14/h2-6,11-12H,7-9H2,1H3. The molecule has 2 aromatic rings. The summed E-state index contributed by atoms with van der Waals surface area (Å²) in [6, 6.07) is 6.94. The Morgan fingerprint density at radius 3 is 2.67 bits per heavy atom. The van der Waals surface area contributed by atoms with E-state index >= 15 is 0 Å². The normalized spacial score (nSPS) is 23.9. The Bertz CT molecular complexity index is 665. The molecule has 0 aliphatic carbocycles. The number of aromatic nitrogens is 3. The summed E-state index contributed by atoms with van der Waals surface area (Å²) in [5.41, 5.74) is 1.02. The Labute approximate surface area is 132 Å². The molecular formula is C15H16BrN5. The van der Waals surface area contributed by atoms with Gasteiger partial charge in [-0.05, 0) is 47.5 Å². The summed E-state index contributed by atoms with van der Waals surface area (Å²) >= 11 is 3.61. The van der Waals surface area contributed by atoms with Crippen molar-refractivity contribution in [3.63, 3.8) is 0 Å². The van der Waals surface area contributed by atoms with Crippen LogP contribution in [0.3, 0.4) is 0 Å². The van der Waals surface area contributed by atoms with Gasteiger partial charge >= 0.3 is 0 Å². The predicted molar refractivity (Wildman–Crippen MR) is 85.6 cm³/mol. The van der Waals surface area contributed by atoms with Crippen LogP contribution in [0.25, 0.3) is 0 Å². The second kappa shape index (κ2) is 4.94. The molecular weight excluding hydrogens is 330 g/mol. The molecule has 0 spiro atoms. The molecule has 0 radical (unpaired) electrons. The van der Waals surface area contributed by atoms with E-state index in [-0.39, 0.29) is 0 Å². The molecule has 3 saturated heterocycles. The number of nitrogens with zero attached hydrogens (tertiary/aromatic N) is 5. The highest BCUT2D eigenvalue weighted by atomic mass is 79.9. The molecule has 5 heterocycles. The summed E-state index contributed by atoms with van der Waals surface area (Å²) in [4.78, 5) is 18.2. The third-order valence-electron chi connectivity index (χ3n) is 4.24. The smallest absolute Gasteiger partial charge is 0.225 e. The van der Waals surface area contributed by atoms with Crippen molar-refractivity contribution in [3.05, 3.63) is 40.8 Å². The summed E-state index contributed by atoms with van der Waals surface area (Å²) in [5.74, 6) is 1.91. The topological polar surface area (TPSA) is 45.2 Å². The van der Waals surface area contributed by atoms with E-state index < -0.39 is 0 Å².